The van der Waals surface area contributed by atoms with Crippen molar-refractivity contribution < 1.29 is 4.74 Å². The van der Waals surface area contributed by atoms with E-state index in [4.69, 9.17) is 16.3 Å². The van der Waals surface area contributed by atoms with Crippen molar-refractivity contribution in [3.8, 4) is 11.6 Å². The van der Waals surface area contributed by atoms with Gasteiger partial charge in [0.1, 0.15) is 5.75 Å². The van der Waals surface area contributed by atoms with Crippen LogP contribution in [0.1, 0.15) is 18.5 Å². The highest BCUT2D eigenvalue weighted by atomic mass is 35.5. The molecule has 0 aliphatic heterocycles. The Labute approximate surface area is 116 Å². The van der Waals surface area contributed by atoms with Crippen molar-refractivity contribution in [2.24, 2.45) is 0 Å². The van der Waals surface area contributed by atoms with Gasteiger partial charge in [-0.1, -0.05) is 17.7 Å². The molecule has 0 bridgehead atoms. The van der Waals surface area contributed by atoms with E-state index < -0.39 is 0 Å². The fourth-order valence-electron chi connectivity index (χ4n) is 1.71. The number of hydrogen-bond acceptors (Lipinski definition) is 4. The van der Waals surface area contributed by atoms with E-state index in [1.54, 1.807) is 24.5 Å². The van der Waals surface area contributed by atoms with Crippen molar-refractivity contribution in [1.29, 1.82) is 0 Å². The topological polar surface area (TPSA) is 47.0 Å². The minimum atomic E-state index is 0.484. The molecule has 0 spiro atoms. The molecule has 19 heavy (non-hydrogen) atoms. The second-order valence-electron chi connectivity index (χ2n) is 4.56. The van der Waals surface area contributed by atoms with Gasteiger partial charge in [0.2, 0.25) is 5.88 Å². The standard InChI is InChI=1S/C14H14ClN3O/c15-10-2-1-3-13(6-10)19-14-9-16-7-12(18-14)8-17-11-4-5-11/h1-3,6-7,9,11,17H,4-5,8H2. The maximum atomic E-state index is 5.91. The Morgan fingerprint density at radius 1 is 1.32 bits per heavy atom. The van der Waals surface area contributed by atoms with Gasteiger partial charge >= 0.3 is 0 Å². The van der Waals surface area contributed by atoms with E-state index in [9.17, 15) is 0 Å². The Kier molecular flexibility index (Phi) is 3.62. The average molecular weight is 276 g/mol. The zero-order chi connectivity index (χ0) is 13.1. The van der Waals surface area contributed by atoms with Gasteiger partial charge < -0.3 is 10.1 Å². The second kappa shape index (κ2) is 5.55. The molecule has 0 atom stereocenters. The first-order valence-corrected chi connectivity index (χ1v) is 6.65. The molecule has 1 aliphatic carbocycles. The van der Waals surface area contributed by atoms with E-state index in [0.29, 0.717) is 22.7 Å². The van der Waals surface area contributed by atoms with Crippen molar-refractivity contribution in [3.63, 3.8) is 0 Å². The van der Waals surface area contributed by atoms with E-state index in [1.165, 1.54) is 12.8 Å². The number of benzene rings is 1. The van der Waals surface area contributed by atoms with Gasteiger partial charge in [0.15, 0.2) is 0 Å². The first-order chi connectivity index (χ1) is 9.29. The van der Waals surface area contributed by atoms with Crippen LogP contribution in [0.25, 0.3) is 0 Å². The van der Waals surface area contributed by atoms with Crippen LogP contribution in [0.5, 0.6) is 11.6 Å². The molecule has 1 aliphatic rings. The average Bonchev–Trinajstić information content (AvgIpc) is 3.21. The normalized spacial score (nSPS) is 14.4. The molecule has 1 aromatic carbocycles. The molecule has 0 unspecified atom stereocenters. The van der Waals surface area contributed by atoms with Crippen molar-refractivity contribution in [2.75, 3.05) is 0 Å². The van der Waals surface area contributed by atoms with Crippen LogP contribution in [0.4, 0.5) is 0 Å². The third-order valence-corrected chi connectivity index (χ3v) is 3.07. The predicted octanol–water partition coefficient (Wildman–Crippen LogP) is 3.17. The minimum Gasteiger partial charge on any atom is -0.437 e. The van der Waals surface area contributed by atoms with Crippen LogP contribution < -0.4 is 10.1 Å². The number of ether oxygens (including phenoxy) is 1. The Hall–Kier alpha value is -1.65. The fourth-order valence-corrected chi connectivity index (χ4v) is 1.89. The number of hydrogen-bond donors (Lipinski definition) is 1. The maximum Gasteiger partial charge on any atom is 0.238 e. The summed E-state index contributed by atoms with van der Waals surface area (Å²) >= 11 is 5.91. The van der Waals surface area contributed by atoms with Crippen molar-refractivity contribution in [2.45, 2.75) is 25.4 Å². The smallest absolute Gasteiger partial charge is 0.238 e. The lowest BCUT2D eigenvalue weighted by atomic mass is 10.3. The third kappa shape index (κ3) is 3.66. The molecular weight excluding hydrogens is 262 g/mol. The Morgan fingerprint density at radius 3 is 3.00 bits per heavy atom. The lowest BCUT2D eigenvalue weighted by Crippen LogP contribution is -2.16. The van der Waals surface area contributed by atoms with E-state index >= 15 is 0 Å². The van der Waals surface area contributed by atoms with Crippen LogP contribution in [0, 0.1) is 0 Å². The van der Waals surface area contributed by atoms with Gasteiger partial charge in [-0.2, -0.15) is 0 Å². The summed E-state index contributed by atoms with van der Waals surface area (Å²) in [5.41, 5.74) is 0.881. The zero-order valence-electron chi connectivity index (χ0n) is 10.3. The van der Waals surface area contributed by atoms with Crippen LogP contribution >= 0.6 is 11.6 Å². The van der Waals surface area contributed by atoms with Gasteiger partial charge in [-0.05, 0) is 31.0 Å². The fraction of sp³-hybridized carbons (Fsp3) is 0.286. The van der Waals surface area contributed by atoms with Gasteiger partial charge in [-0.15, -0.1) is 0 Å². The number of halogens is 1. The van der Waals surface area contributed by atoms with Crippen LogP contribution in [-0.4, -0.2) is 16.0 Å². The minimum absolute atomic E-state index is 0.484. The summed E-state index contributed by atoms with van der Waals surface area (Å²) in [6, 6.07) is 7.88. The highest BCUT2D eigenvalue weighted by molar-refractivity contribution is 6.30. The molecular formula is C14H14ClN3O. The van der Waals surface area contributed by atoms with Gasteiger partial charge in [-0.3, -0.25) is 4.98 Å². The van der Waals surface area contributed by atoms with Gasteiger partial charge in [0, 0.05) is 23.8 Å². The number of nitrogens with zero attached hydrogens (tertiary/aromatic N) is 2. The Bertz CT molecular complexity index is 572. The van der Waals surface area contributed by atoms with Crippen molar-refractivity contribution >= 4 is 11.6 Å². The van der Waals surface area contributed by atoms with E-state index in [1.807, 2.05) is 12.1 Å². The zero-order valence-corrected chi connectivity index (χ0v) is 11.1. The summed E-state index contributed by atoms with van der Waals surface area (Å²) in [5.74, 6) is 1.14. The number of aromatic nitrogens is 2. The van der Waals surface area contributed by atoms with E-state index in [0.717, 1.165) is 12.2 Å². The molecule has 2 aromatic rings. The first-order valence-electron chi connectivity index (χ1n) is 6.27. The quantitative estimate of drug-likeness (QED) is 0.910. The van der Waals surface area contributed by atoms with E-state index in [2.05, 4.69) is 15.3 Å². The highest BCUT2D eigenvalue weighted by Crippen LogP contribution is 2.22. The lowest BCUT2D eigenvalue weighted by molar-refractivity contribution is 0.456. The monoisotopic (exact) mass is 275 g/mol. The predicted molar refractivity (Wildman–Crippen MR) is 73.4 cm³/mol. The summed E-state index contributed by atoms with van der Waals surface area (Å²) in [6.07, 6.45) is 5.86. The van der Waals surface area contributed by atoms with Gasteiger partial charge in [0.25, 0.3) is 0 Å². The van der Waals surface area contributed by atoms with Crippen LogP contribution in [-0.2, 0) is 6.54 Å². The first kappa shape index (κ1) is 12.4. The van der Waals surface area contributed by atoms with Crippen molar-refractivity contribution in [3.05, 3.63) is 47.4 Å². The lowest BCUT2D eigenvalue weighted by Gasteiger charge is -2.06. The summed E-state index contributed by atoms with van der Waals surface area (Å²) in [6.45, 7) is 0.727. The molecule has 1 N–H and O–H groups in total. The van der Waals surface area contributed by atoms with Crippen molar-refractivity contribution in [1.82, 2.24) is 15.3 Å². The summed E-state index contributed by atoms with van der Waals surface area (Å²) < 4.78 is 5.64. The highest BCUT2D eigenvalue weighted by Gasteiger charge is 2.20. The maximum absolute atomic E-state index is 5.91. The van der Waals surface area contributed by atoms with Gasteiger partial charge in [0.05, 0.1) is 11.9 Å². The van der Waals surface area contributed by atoms with E-state index in [-0.39, 0.29) is 0 Å². The second-order valence-corrected chi connectivity index (χ2v) is 5.00. The molecule has 3 rings (SSSR count). The van der Waals surface area contributed by atoms with Crippen LogP contribution in [0.15, 0.2) is 36.7 Å². The Morgan fingerprint density at radius 2 is 2.21 bits per heavy atom. The molecule has 0 amide bonds. The largest absolute Gasteiger partial charge is 0.437 e. The number of rotatable bonds is 5. The molecule has 1 saturated carbocycles. The summed E-state index contributed by atoms with van der Waals surface area (Å²) in [5, 5.41) is 4.03. The van der Waals surface area contributed by atoms with Crippen LogP contribution in [0.3, 0.4) is 0 Å². The Balaban J connectivity index is 1.67. The van der Waals surface area contributed by atoms with Gasteiger partial charge in [-0.25, -0.2) is 4.98 Å². The molecule has 0 radical (unpaired) electrons. The third-order valence-electron chi connectivity index (χ3n) is 2.83. The molecule has 4 nitrogen and oxygen atoms in total. The molecule has 0 saturated heterocycles. The molecule has 1 aromatic heterocycles. The summed E-state index contributed by atoms with van der Waals surface area (Å²) in [4.78, 5) is 8.55. The molecule has 1 fully saturated rings. The molecule has 5 heteroatoms. The molecule has 1 heterocycles. The summed E-state index contributed by atoms with van der Waals surface area (Å²) in [7, 11) is 0. The molecule has 98 valence electrons. The number of nitrogens with one attached hydrogen (secondary N) is 1. The van der Waals surface area contributed by atoms with Crippen LogP contribution in [0.2, 0.25) is 5.02 Å². The SMILES string of the molecule is Clc1cccc(Oc2cncc(CNC3CC3)n2)c1.